The van der Waals surface area contributed by atoms with Crippen molar-refractivity contribution in [1.82, 2.24) is 10.6 Å². The number of carbonyl (C=O) groups excluding carboxylic acids is 4. The lowest BCUT2D eigenvalue weighted by atomic mass is 9.98. The molecule has 0 unspecified atom stereocenters. The van der Waals surface area contributed by atoms with Crippen LogP contribution in [0.25, 0.3) is 0 Å². The van der Waals surface area contributed by atoms with Crippen LogP contribution in [0, 0.1) is 17.8 Å². The third kappa shape index (κ3) is 9.97. The molecule has 5 atom stereocenters. The Morgan fingerprint density at radius 2 is 1.25 bits per heavy atom. The molecule has 186 valence electrons. The van der Waals surface area contributed by atoms with Gasteiger partial charge in [0.1, 0.15) is 23.8 Å². The fourth-order valence-electron chi connectivity index (χ4n) is 2.71. The smallest absolute Gasteiger partial charge is 0.329 e. The molecular weight excluding hydrogens is 416 g/mol. The zero-order chi connectivity index (χ0) is 25.4. The molecule has 0 saturated heterocycles. The Bertz CT molecular complexity index is 653. The highest BCUT2D eigenvalue weighted by molar-refractivity contribution is 5.91. The lowest BCUT2D eigenvalue weighted by Gasteiger charge is -2.30. The van der Waals surface area contributed by atoms with Crippen molar-refractivity contribution in [2.24, 2.45) is 17.8 Å². The average molecular weight is 459 g/mol. The normalized spacial score (nSPS) is 16.5. The van der Waals surface area contributed by atoms with Gasteiger partial charge in [0.05, 0.1) is 0 Å². The van der Waals surface area contributed by atoms with E-state index in [1.165, 1.54) is 6.92 Å². The summed E-state index contributed by atoms with van der Waals surface area (Å²) in [5.41, 5.74) is -0.718. The highest BCUT2D eigenvalue weighted by Crippen LogP contribution is 2.17. The van der Waals surface area contributed by atoms with Gasteiger partial charge in [0.25, 0.3) is 5.91 Å². The molecule has 0 spiro atoms. The molecule has 0 aliphatic rings. The maximum absolute atomic E-state index is 13.1. The van der Waals surface area contributed by atoms with Crippen LogP contribution in [0.5, 0.6) is 0 Å². The molecule has 0 radical (unpaired) electrons. The second-order valence-corrected chi connectivity index (χ2v) is 9.91. The standard InChI is InChI=1S/C23H42N2O7/c1-11-14(6)18(31-21(29)16(12(2)3)24-19(27)15(7)26)20(28)25-17(13(4)5)22(30)32-23(8,9)10/h12-18,26H,11H2,1-10H3,(H,24,27)(H,25,28)/t14-,15+,16-,17+,18+/m0/s1. The lowest BCUT2D eigenvalue weighted by molar-refractivity contribution is -0.166. The first-order chi connectivity index (χ1) is 14.5. The summed E-state index contributed by atoms with van der Waals surface area (Å²) in [7, 11) is 0. The van der Waals surface area contributed by atoms with Crippen molar-refractivity contribution in [2.75, 3.05) is 0 Å². The van der Waals surface area contributed by atoms with Gasteiger partial charge >= 0.3 is 11.9 Å². The number of hydrogen-bond acceptors (Lipinski definition) is 7. The number of carbonyl (C=O) groups is 4. The van der Waals surface area contributed by atoms with Gasteiger partial charge in [-0.2, -0.15) is 0 Å². The fourth-order valence-corrected chi connectivity index (χ4v) is 2.71. The van der Waals surface area contributed by atoms with Crippen LogP contribution < -0.4 is 10.6 Å². The maximum Gasteiger partial charge on any atom is 0.329 e. The second-order valence-electron chi connectivity index (χ2n) is 9.91. The minimum atomic E-state index is -1.29. The fraction of sp³-hybridized carbons (Fsp3) is 0.826. The van der Waals surface area contributed by atoms with Crippen LogP contribution in [-0.2, 0) is 28.7 Å². The van der Waals surface area contributed by atoms with E-state index < -0.39 is 53.6 Å². The molecule has 3 N–H and O–H groups in total. The van der Waals surface area contributed by atoms with Gasteiger partial charge in [-0.3, -0.25) is 9.59 Å². The van der Waals surface area contributed by atoms with Crippen molar-refractivity contribution in [2.45, 2.75) is 106 Å². The Balaban J connectivity index is 5.62. The molecule has 0 aliphatic heterocycles. The van der Waals surface area contributed by atoms with Gasteiger partial charge in [0.15, 0.2) is 6.10 Å². The Kier molecular flexibility index (Phi) is 11.9. The number of aliphatic hydroxyl groups is 1. The van der Waals surface area contributed by atoms with Crippen LogP contribution in [0.3, 0.4) is 0 Å². The summed E-state index contributed by atoms with van der Waals surface area (Å²) in [6.45, 7) is 17.1. The van der Waals surface area contributed by atoms with E-state index in [-0.39, 0.29) is 17.8 Å². The van der Waals surface area contributed by atoms with Gasteiger partial charge in [-0.15, -0.1) is 0 Å². The number of esters is 2. The third-order valence-corrected chi connectivity index (χ3v) is 4.89. The second kappa shape index (κ2) is 12.8. The van der Waals surface area contributed by atoms with E-state index >= 15 is 0 Å². The van der Waals surface area contributed by atoms with E-state index in [9.17, 15) is 24.3 Å². The van der Waals surface area contributed by atoms with E-state index in [1.54, 1.807) is 55.4 Å². The summed E-state index contributed by atoms with van der Waals surface area (Å²) in [5, 5.41) is 14.6. The molecule has 0 aromatic rings. The predicted molar refractivity (Wildman–Crippen MR) is 120 cm³/mol. The van der Waals surface area contributed by atoms with Crippen LogP contribution in [0.4, 0.5) is 0 Å². The van der Waals surface area contributed by atoms with Gasteiger partial charge in [-0.25, -0.2) is 9.59 Å². The summed E-state index contributed by atoms with van der Waals surface area (Å²) in [6, 6.07) is -1.95. The van der Waals surface area contributed by atoms with Crippen LogP contribution in [0.2, 0.25) is 0 Å². The number of hydrogen-bond donors (Lipinski definition) is 3. The Labute approximate surface area is 192 Å². The van der Waals surface area contributed by atoms with Crippen molar-refractivity contribution < 1.29 is 33.8 Å². The monoisotopic (exact) mass is 458 g/mol. The molecule has 0 aromatic heterocycles. The molecule has 0 bridgehead atoms. The summed E-state index contributed by atoms with van der Waals surface area (Å²) < 4.78 is 10.9. The topological polar surface area (TPSA) is 131 Å². The minimum Gasteiger partial charge on any atom is -0.458 e. The maximum atomic E-state index is 13.1. The van der Waals surface area contributed by atoms with Crippen molar-refractivity contribution >= 4 is 23.8 Å². The van der Waals surface area contributed by atoms with Crippen molar-refractivity contribution in [3.63, 3.8) is 0 Å². The summed E-state index contributed by atoms with van der Waals surface area (Å²) >= 11 is 0. The Morgan fingerprint density at radius 3 is 1.62 bits per heavy atom. The SMILES string of the molecule is CC[C@H](C)[C@@H](OC(=O)[C@@H](NC(=O)[C@@H](C)O)C(C)C)C(=O)N[C@@H](C(=O)OC(C)(C)C)C(C)C. The van der Waals surface area contributed by atoms with Crippen LogP contribution in [-0.4, -0.2) is 58.8 Å². The molecule has 0 aromatic carbocycles. The summed E-state index contributed by atoms with van der Waals surface area (Å²) in [6.07, 6.45) is -1.92. The van der Waals surface area contributed by atoms with Gasteiger partial charge in [0, 0.05) is 5.92 Å². The van der Waals surface area contributed by atoms with Gasteiger partial charge in [-0.1, -0.05) is 41.5 Å². The number of aliphatic hydroxyl groups excluding tert-OH is 1. The molecule has 0 fully saturated rings. The molecule has 0 rings (SSSR count). The van der Waals surface area contributed by atoms with Gasteiger partial charge < -0.3 is 25.2 Å². The third-order valence-electron chi connectivity index (χ3n) is 4.89. The minimum absolute atomic E-state index is 0.254. The van der Waals surface area contributed by atoms with E-state index in [4.69, 9.17) is 9.47 Å². The van der Waals surface area contributed by atoms with Gasteiger partial charge in [0.2, 0.25) is 5.91 Å². The van der Waals surface area contributed by atoms with E-state index in [1.807, 2.05) is 6.92 Å². The Hall–Kier alpha value is -2.16. The lowest BCUT2D eigenvalue weighted by Crippen LogP contribution is -2.54. The molecular formula is C23H42N2O7. The molecule has 9 nitrogen and oxygen atoms in total. The first kappa shape index (κ1) is 29.8. The van der Waals surface area contributed by atoms with Crippen molar-refractivity contribution in [3.8, 4) is 0 Å². The van der Waals surface area contributed by atoms with Crippen LogP contribution >= 0.6 is 0 Å². The van der Waals surface area contributed by atoms with Crippen LogP contribution in [0.15, 0.2) is 0 Å². The largest absolute Gasteiger partial charge is 0.458 e. The zero-order valence-electron chi connectivity index (χ0n) is 21.1. The summed E-state index contributed by atoms with van der Waals surface area (Å²) in [4.78, 5) is 50.4. The van der Waals surface area contributed by atoms with Crippen molar-refractivity contribution in [3.05, 3.63) is 0 Å². The molecule has 32 heavy (non-hydrogen) atoms. The molecule has 0 heterocycles. The van der Waals surface area contributed by atoms with Gasteiger partial charge in [-0.05, 0) is 46.0 Å². The summed E-state index contributed by atoms with van der Waals surface area (Å²) in [5.74, 6) is -3.61. The number of ether oxygens (including phenoxy) is 2. The van der Waals surface area contributed by atoms with E-state index in [2.05, 4.69) is 10.6 Å². The molecule has 0 saturated carbocycles. The zero-order valence-corrected chi connectivity index (χ0v) is 21.1. The average Bonchev–Trinajstić information content (AvgIpc) is 2.64. The molecule has 2 amide bonds. The Morgan fingerprint density at radius 1 is 0.812 bits per heavy atom. The predicted octanol–water partition coefficient (Wildman–Crippen LogP) is 1.95. The number of rotatable bonds is 11. The van der Waals surface area contributed by atoms with Crippen molar-refractivity contribution in [1.29, 1.82) is 0 Å². The number of amides is 2. The molecule has 9 heteroatoms. The van der Waals surface area contributed by atoms with E-state index in [0.29, 0.717) is 6.42 Å². The molecule has 0 aliphatic carbocycles. The number of nitrogens with one attached hydrogen (secondary N) is 2. The quantitative estimate of drug-likeness (QED) is 0.403. The highest BCUT2D eigenvalue weighted by Gasteiger charge is 2.37. The van der Waals surface area contributed by atoms with Crippen LogP contribution in [0.1, 0.15) is 75.7 Å². The highest BCUT2D eigenvalue weighted by atomic mass is 16.6. The van der Waals surface area contributed by atoms with E-state index in [0.717, 1.165) is 0 Å². The first-order valence-electron chi connectivity index (χ1n) is 11.2. The first-order valence-corrected chi connectivity index (χ1v) is 11.2.